The fraction of sp³-hybridized carbons (Fsp3) is 0.941. The van der Waals surface area contributed by atoms with Crippen LogP contribution >= 0.6 is 0 Å². The molecule has 0 saturated heterocycles. The molecular formula is C34H68N2O2. The summed E-state index contributed by atoms with van der Waals surface area (Å²) in [6.07, 6.45) is 34.5. The third-order valence-corrected chi connectivity index (χ3v) is 8.47. The second-order valence-electron chi connectivity index (χ2n) is 12.1. The monoisotopic (exact) mass is 537 g/mol. The Balaban J connectivity index is 3.74. The van der Waals surface area contributed by atoms with Gasteiger partial charge in [0, 0.05) is 11.8 Å². The van der Waals surface area contributed by atoms with E-state index in [9.17, 15) is 9.59 Å². The Morgan fingerprint density at radius 3 is 0.737 bits per heavy atom. The van der Waals surface area contributed by atoms with E-state index in [2.05, 4.69) is 13.8 Å². The quantitative estimate of drug-likeness (QED) is 0.0863. The molecule has 2 unspecified atom stereocenters. The summed E-state index contributed by atoms with van der Waals surface area (Å²) < 4.78 is 0. The van der Waals surface area contributed by atoms with Gasteiger partial charge in [-0.25, -0.2) is 0 Å². The van der Waals surface area contributed by atoms with Gasteiger partial charge in [-0.1, -0.05) is 168 Å². The zero-order valence-corrected chi connectivity index (χ0v) is 25.9. The van der Waals surface area contributed by atoms with Crippen LogP contribution in [-0.2, 0) is 9.59 Å². The van der Waals surface area contributed by atoms with Crippen molar-refractivity contribution >= 4 is 11.8 Å². The first kappa shape index (κ1) is 36.9. The number of nitrogens with two attached hydrogens (primary N) is 2. The zero-order chi connectivity index (χ0) is 28.1. The van der Waals surface area contributed by atoms with Crippen molar-refractivity contribution in [2.24, 2.45) is 23.3 Å². The Kier molecular flexibility index (Phi) is 28.1. The highest BCUT2D eigenvalue weighted by Crippen LogP contribution is 2.22. The van der Waals surface area contributed by atoms with Gasteiger partial charge in [0.15, 0.2) is 0 Å². The second kappa shape index (κ2) is 28.9. The molecule has 2 amide bonds. The normalized spacial score (nSPS) is 13.0. The highest BCUT2D eigenvalue weighted by atomic mass is 16.1. The Morgan fingerprint density at radius 1 is 0.368 bits per heavy atom. The average molecular weight is 537 g/mol. The molecule has 0 aliphatic heterocycles. The lowest BCUT2D eigenvalue weighted by molar-refractivity contribution is -0.123. The molecule has 0 spiro atoms. The van der Waals surface area contributed by atoms with Crippen LogP contribution in [-0.4, -0.2) is 11.8 Å². The average Bonchev–Trinajstić information content (AvgIpc) is 2.89. The topological polar surface area (TPSA) is 86.2 Å². The van der Waals surface area contributed by atoms with E-state index in [4.69, 9.17) is 11.5 Å². The highest BCUT2D eigenvalue weighted by molar-refractivity contribution is 5.76. The number of rotatable bonds is 31. The fourth-order valence-corrected chi connectivity index (χ4v) is 5.75. The molecule has 38 heavy (non-hydrogen) atoms. The minimum Gasteiger partial charge on any atom is -0.369 e. The summed E-state index contributed by atoms with van der Waals surface area (Å²) >= 11 is 0. The van der Waals surface area contributed by atoms with Crippen molar-refractivity contribution in [3.8, 4) is 0 Å². The summed E-state index contributed by atoms with van der Waals surface area (Å²) in [6, 6.07) is 0. The third-order valence-electron chi connectivity index (χ3n) is 8.47. The lowest BCUT2D eigenvalue weighted by atomic mass is 9.92. The molecule has 0 aromatic rings. The lowest BCUT2D eigenvalue weighted by Crippen LogP contribution is -2.23. The molecular weight excluding hydrogens is 468 g/mol. The van der Waals surface area contributed by atoms with Crippen molar-refractivity contribution in [1.82, 2.24) is 0 Å². The molecule has 0 fully saturated rings. The molecule has 4 N–H and O–H groups in total. The molecule has 0 bridgehead atoms. The van der Waals surface area contributed by atoms with Gasteiger partial charge < -0.3 is 11.5 Å². The highest BCUT2D eigenvalue weighted by Gasteiger charge is 2.16. The lowest BCUT2D eigenvalue weighted by Gasteiger charge is -2.14. The van der Waals surface area contributed by atoms with Gasteiger partial charge in [-0.3, -0.25) is 9.59 Å². The number of hydrogen-bond donors (Lipinski definition) is 2. The largest absolute Gasteiger partial charge is 0.369 e. The number of unbranched alkanes of at least 4 members (excludes halogenated alkanes) is 21. The Morgan fingerprint density at radius 2 is 0.553 bits per heavy atom. The van der Waals surface area contributed by atoms with Gasteiger partial charge in [-0.05, 0) is 25.7 Å². The Labute approximate surface area is 238 Å². The van der Waals surface area contributed by atoms with Crippen LogP contribution in [0.3, 0.4) is 0 Å². The van der Waals surface area contributed by atoms with Gasteiger partial charge in [0.1, 0.15) is 0 Å². The molecule has 0 aliphatic rings. The molecule has 0 aromatic heterocycles. The number of hydrogen-bond acceptors (Lipinski definition) is 2. The maximum atomic E-state index is 11.9. The third kappa shape index (κ3) is 25.2. The van der Waals surface area contributed by atoms with Crippen LogP contribution in [0.2, 0.25) is 0 Å². The summed E-state index contributed by atoms with van der Waals surface area (Å²) in [7, 11) is 0. The van der Waals surface area contributed by atoms with Gasteiger partial charge >= 0.3 is 0 Å². The van der Waals surface area contributed by atoms with Crippen LogP contribution < -0.4 is 11.5 Å². The summed E-state index contributed by atoms with van der Waals surface area (Å²) in [5, 5.41) is 0. The van der Waals surface area contributed by atoms with Crippen LogP contribution in [0.5, 0.6) is 0 Å². The fourth-order valence-electron chi connectivity index (χ4n) is 5.75. The van der Waals surface area contributed by atoms with E-state index in [1.807, 2.05) is 0 Å². The van der Waals surface area contributed by atoms with E-state index in [0.717, 1.165) is 64.2 Å². The smallest absolute Gasteiger partial charge is 0.220 e. The molecule has 0 radical (unpaired) electrons. The molecule has 0 aromatic carbocycles. The van der Waals surface area contributed by atoms with Gasteiger partial charge in [0.25, 0.3) is 0 Å². The van der Waals surface area contributed by atoms with Crippen molar-refractivity contribution in [3.63, 3.8) is 0 Å². The second-order valence-corrected chi connectivity index (χ2v) is 12.1. The van der Waals surface area contributed by atoms with E-state index in [-0.39, 0.29) is 23.7 Å². The van der Waals surface area contributed by atoms with E-state index < -0.39 is 0 Å². The SMILES string of the molecule is CCCCCCCCCCCCC(CCCCCCC(CCCCCCCCCCCC)C(N)=O)C(N)=O. The van der Waals surface area contributed by atoms with E-state index in [0.29, 0.717) is 0 Å². The van der Waals surface area contributed by atoms with Crippen LogP contribution in [0.15, 0.2) is 0 Å². The van der Waals surface area contributed by atoms with Gasteiger partial charge in [0.05, 0.1) is 0 Å². The van der Waals surface area contributed by atoms with Crippen molar-refractivity contribution in [3.05, 3.63) is 0 Å². The molecule has 0 aliphatic carbocycles. The molecule has 0 rings (SSSR count). The first-order valence-corrected chi connectivity index (χ1v) is 17.1. The van der Waals surface area contributed by atoms with Crippen LogP contribution in [0, 0.1) is 11.8 Å². The summed E-state index contributed by atoms with van der Waals surface area (Å²) in [5.74, 6) is -0.157. The van der Waals surface area contributed by atoms with Gasteiger partial charge in [-0.15, -0.1) is 0 Å². The summed E-state index contributed by atoms with van der Waals surface area (Å²) in [5.41, 5.74) is 11.4. The van der Waals surface area contributed by atoms with Crippen LogP contribution in [0.1, 0.15) is 194 Å². The van der Waals surface area contributed by atoms with Crippen molar-refractivity contribution in [2.75, 3.05) is 0 Å². The predicted octanol–water partition coefficient (Wildman–Crippen LogP) is 10.2. The molecule has 4 heteroatoms. The maximum Gasteiger partial charge on any atom is 0.220 e. The Bertz CT molecular complexity index is 477. The standard InChI is InChI=1S/C34H68N2O2/c1-3-5-7-9-11-13-15-17-19-23-27-31(33(35)37)29-25-21-22-26-30-32(34(36)38)28-24-20-18-16-14-12-10-8-6-4-2/h31-32H,3-30H2,1-2H3,(H2,35,37)(H2,36,38). The van der Waals surface area contributed by atoms with Gasteiger partial charge in [0.2, 0.25) is 11.8 Å². The van der Waals surface area contributed by atoms with Crippen molar-refractivity contribution in [1.29, 1.82) is 0 Å². The summed E-state index contributed by atoms with van der Waals surface area (Å²) in [4.78, 5) is 23.8. The van der Waals surface area contributed by atoms with E-state index >= 15 is 0 Å². The molecule has 2 atom stereocenters. The number of carbonyl (C=O) groups is 2. The zero-order valence-electron chi connectivity index (χ0n) is 25.9. The predicted molar refractivity (Wildman–Crippen MR) is 166 cm³/mol. The molecule has 0 saturated carbocycles. The molecule has 0 heterocycles. The number of carbonyl (C=O) groups excluding carboxylic acids is 2. The van der Waals surface area contributed by atoms with Crippen molar-refractivity contribution in [2.45, 2.75) is 194 Å². The Hall–Kier alpha value is -1.06. The first-order valence-electron chi connectivity index (χ1n) is 17.1. The number of amides is 2. The van der Waals surface area contributed by atoms with Crippen LogP contribution in [0.25, 0.3) is 0 Å². The maximum absolute atomic E-state index is 11.9. The van der Waals surface area contributed by atoms with Crippen molar-refractivity contribution < 1.29 is 9.59 Å². The molecule has 4 nitrogen and oxygen atoms in total. The molecule has 226 valence electrons. The number of primary amides is 2. The van der Waals surface area contributed by atoms with Gasteiger partial charge in [-0.2, -0.15) is 0 Å². The first-order chi connectivity index (χ1) is 18.5. The minimum atomic E-state index is -0.119. The van der Waals surface area contributed by atoms with Crippen LogP contribution in [0.4, 0.5) is 0 Å². The van der Waals surface area contributed by atoms with E-state index in [1.54, 1.807) is 0 Å². The summed E-state index contributed by atoms with van der Waals surface area (Å²) in [6.45, 7) is 4.53. The van der Waals surface area contributed by atoms with E-state index in [1.165, 1.54) is 116 Å². The minimum absolute atomic E-state index is 0.0405.